The number of Topliss-reactive ketones (excluding diaryl/α,β-unsaturated/α-hetero) is 1. The Morgan fingerprint density at radius 3 is 2.53 bits per heavy atom. The number of carbonyl (C=O) groups is 3. The van der Waals surface area contributed by atoms with Crippen LogP contribution >= 0.6 is 0 Å². The second kappa shape index (κ2) is 11.0. The van der Waals surface area contributed by atoms with Gasteiger partial charge in [0.1, 0.15) is 24.1 Å². The number of piperidine rings is 1. The summed E-state index contributed by atoms with van der Waals surface area (Å²) in [6.07, 6.45) is 2.77. The Balaban J connectivity index is 1.20. The van der Waals surface area contributed by atoms with Crippen LogP contribution in [0.4, 0.5) is 19.0 Å². The number of pyridine rings is 1. The molecule has 1 aromatic carbocycles. The summed E-state index contributed by atoms with van der Waals surface area (Å²) >= 11 is 0. The molecular formula is C34H32F3N7O3. The molecule has 7 rings (SSSR count). The average Bonchev–Trinajstić information content (AvgIpc) is 3.79. The lowest BCUT2D eigenvalue weighted by molar-refractivity contribution is -0.141. The number of aryl methyl sites for hydroxylation is 3. The Bertz CT molecular complexity index is 2120. The van der Waals surface area contributed by atoms with Crippen molar-refractivity contribution in [3.8, 4) is 11.1 Å². The highest BCUT2D eigenvalue weighted by molar-refractivity contribution is 6.09. The lowest BCUT2D eigenvalue weighted by Gasteiger charge is -2.34. The first-order valence-corrected chi connectivity index (χ1v) is 15.4. The Morgan fingerprint density at radius 1 is 1.00 bits per heavy atom. The molecule has 1 aliphatic carbocycles. The lowest BCUT2D eigenvalue weighted by atomic mass is 9.97. The molecular weight excluding hydrogens is 611 g/mol. The molecule has 1 aliphatic heterocycles. The standard InChI is InChI=1S/C34H32F3N7O3/c1-17-5-8-27(34(35,36)37)39-32(17)40-33(47)31-21-6-7-24(11-21)44(31)29(46)16-42-15-26(20(4)45)25-12-22(9-18(2)30(25)42)23-13-38-28-10-19(3)41-43(28)14-23/h5,8-10,12-15,21,24,31H,6-7,11,16H2,1-4H3,(H,39,40,47)/t21?,24?,31-/m0/s1. The van der Waals surface area contributed by atoms with E-state index in [1.807, 2.05) is 38.2 Å². The Labute approximate surface area is 267 Å². The number of nitrogens with one attached hydrogen (secondary N) is 1. The summed E-state index contributed by atoms with van der Waals surface area (Å²) in [5, 5.41) is 7.74. The number of fused-ring (bicyclic) bond motifs is 4. The first-order valence-electron chi connectivity index (χ1n) is 15.4. The number of hydrogen-bond acceptors (Lipinski definition) is 6. The van der Waals surface area contributed by atoms with Crippen molar-refractivity contribution in [2.24, 2.45) is 5.92 Å². The molecule has 2 amide bonds. The van der Waals surface area contributed by atoms with Gasteiger partial charge in [0.2, 0.25) is 11.8 Å². The van der Waals surface area contributed by atoms with E-state index < -0.39 is 23.8 Å². The van der Waals surface area contributed by atoms with E-state index in [2.05, 4.69) is 20.4 Å². The first kappa shape index (κ1) is 30.6. The van der Waals surface area contributed by atoms with Crippen molar-refractivity contribution in [1.82, 2.24) is 29.0 Å². The van der Waals surface area contributed by atoms with E-state index in [0.29, 0.717) is 22.9 Å². The number of hydrogen-bond donors (Lipinski definition) is 1. The maximum absolute atomic E-state index is 14.0. The van der Waals surface area contributed by atoms with E-state index in [1.165, 1.54) is 13.0 Å². The zero-order valence-corrected chi connectivity index (χ0v) is 26.2. The van der Waals surface area contributed by atoms with E-state index >= 15 is 0 Å². The van der Waals surface area contributed by atoms with Crippen LogP contribution in [0, 0.1) is 26.7 Å². The van der Waals surface area contributed by atoms with E-state index in [9.17, 15) is 27.6 Å². The molecule has 1 saturated heterocycles. The Kier molecular flexibility index (Phi) is 7.17. The minimum absolute atomic E-state index is 0.113. The molecule has 0 radical (unpaired) electrons. The molecule has 2 bridgehead atoms. The fourth-order valence-electron chi connectivity index (χ4n) is 7.29. The average molecular weight is 644 g/mol. The van der Waals surface area contributed by atoms with Gasteiger partial charge in [-0.25, -0.2) is 14.5 Å². The van der Waals surface area contributed by atoms with Crippen molar-refractivity contribution in [2.75, 3.05) is 5.32 Å². The highest BCUT2D eigenvalue weighted by atomic mass is 19.4. The van der Waals surface area contributed by atoms with Crippen molar-refractivity contribution in [1.29, 1.82) is 0 Å². The third kappa shape index (κ3) is 5.33. The van der Waals surface area contributed by atoms with Gasteiger partial charge in [-0.2, -0.15) is 18.3 Å². The third-order valence-corrected chi connectivity index (χ3v) is 9.39. The maximum atomic E-state index is 14.0. The van der Waals surface area contributed by atoms with Crippen LogP contribution in [0.25, 0.3) is 27.7 Å². The van der Waals surface area contributed by atoms with E-state index in [0.717, 1.165) is 52.5 Å². The van der Waals surface area contributed by atoms with Crippen LogP contribution in [0.2, 0.25) is 0 Å². The molecule has 2 unspecified atom stereocenters. The number of alkyl halides is 3. The molecule has 4 aromatic heterocycles. The normalized spacial score (nSPS) is 19.2. The summed E-state index contributed by atoms with van der Waals surface area (Å²) in [6.45, 7) is 6.74. The monoisotopic (exact) mass is 643 g/mol. The minimum Gasteiger partial charge on any atom is -0.337 e. The Morgan fingerprint density at radius 2 is 1.79 bits per heavy atom. The smallest absolute Gasteiger partial charge is 0.337 e. The van der Waals surface area contributed by atoms with Crippen LogP contribution in [-0.4, -0.2) is 58.7 Å². The molecule has 5 heterocycles. The quantitative estimate of drug-likeness (QED) is 0.230. The van der Waals surface area contributed by atoms with Crippen LogP contribution in [0.15, 0.2) is 48.9 Å². The van der Waals surface area contributed by atoms with Gasteiger partial charge in [-0.1, -0.05) is 6.07 Å². The Hall–Kier alpha value is -5.07. The molecule has 242 valence electrons. The highest BCUT2D eigenvalue weighted by Crippen LogP contribution is 2.43. The zero-order chi connectivity index (χ0) is 33.4. The van der Waals surface area contributed by atoms with Gasteiger partial charge in [0, 0.05) is 47.2 Å². The van der Waals surface area contributed by atoms with Crippen molar-refractivity contribution in [3.63, 3.8) is 0 Å². The van der Waals surface area contributed by atoms with Gasteiger partial charge in [0.15, 0.2) is 11.4 Å². The van der Waals surface area contributed by atoms with Crippen molar-refractivity contribution < 1.29 is 27.6 Å². The molecule has 3 atom stereocenters. The molecule has 1 N–H and O–H groups in total. The number of anilines is 1. The number of rotatable bonds is 6. The highest BCUT2D eigenvalue weighted by Gasteiger charge is 2.51. The topological polar surface area (TPSA) is 114 Å². The third-order valence-electron chi connectivity index (χ3n) is 9.39. The van der Waals surface area contributed by atoms with Crippen LogP contribution in [0.5, 0.6) is 0 Å². The molecule has 10 nitrogen and oxygen atoms in total. The summed E-state index contributed by atoms with van der Waals surface area (Å²) in [5.41, 5.74) is 4.54. The lowest BCUT2D eigenvalue weighted by Crippen LogP contribution is -2.52. The summed E-state index contributed by atoms with van der Waals surface area (Å²) in [5.74, 6) is -1.30. The zero-order valence-electron chi connectivity index (χ0n) is 26.2. The number of halogens is 3. The molecule has 13 heteroatoms. The molecule has 2 aliphatic rings. The van der Waals surface area contributed by atoms with Crippen molar-refractivity contribution in [3.05, 3.63) is 77.0 Å². The summed E-state index contributed by atoms with van der Waals surface area (Å²) in [7, 11) is 0. The van der Waals surface area contributed by atoms with Gasteiger partial charge in [0.25, 0.3) is 0 Å². The SMILES string of the molecule is CC(=O)c1cn(CC(=O)N2C3CCC(C3)[C@H]2C(=O)Nc2nc(C(F)(F)F)ccc2C)c2c(C)cc(-c3cnc4cc(C)nn4c3)cc12. The van der Waals surface area contributed by atoms with Gasteiger partial charge in [-0.05, 0) is 87.8 Å². The molecule has 47 heavy (non-hydrogen) atoms. The number of ketones is 1. The van der Waals surface area contributed by atoms with Crippen LogP contribution in [-0.2, 0) is 22.3 Å². The number of amides is 2. The van der Waals surface area contributed by atoms with Gasteiger partial charge in [-0.3, -0.25) is 14.4 Å². The summed E-state index contributed by atoms with van der Waals surface area (Å²) < 4.78 is 43.5. The molecule has 2 fully saturated rings. The van der Waals surface area contributed by atoms with Gasteiger partial charge >= 0.3 is 6.18 Å². The number of benzene rings is 1. The van der Waals surface area contributed by atoms with Gasteiger partial charge < -0.3 is 14.8 Å². The van der Waals surface area contributed by atoms with Crippen molar-refractivity contribution >= 4 is 40.0 Å². The molecule has 5 aromatic rings. The van der Waals surface area contributed by atoms with Crippen LogP contribution < -0.4 is 5.32 Å². The predicted molar refractivity (Wildman–Crippen MR) is 168 cm³/mol. The van der Waals surface area contributed by atoms with Crippen molar-refractivity contribution in [2.45, 2.75) is 71.8 Å². The number of carbonyl (C=O) groups excluding carboxylic acids is 3. The largest absolute Gasteiger partial charge is 0.433 e. The van der Waals surface area contributed by atoms with E-state index in [-0.39, 0.29) is 36.0 Å². The number of nitrogens with zero attached hydrogens (tertiary/aromatic N) is 6. The molecule has 1 saturated carbocycles. The first-order chi connectivity index (χ1) is 22.3. The fraction of sp³-hybridized carbons (Fsp3) is 0.353. The predicted octanol–water partition coefficient (Wildman–Crippen LogP) is 5.91. The van der Waals surface area contributed by atoms with Gasteiger partial charge in [0.05, 0.1) is 11.2 Å². The second-order valence-electron chi connectivity index (χ2n) is 12.7. The van der Waals surface area contributed by atoms with E-state index in [1.54, 1.807) is 33.3 Å². The minimum atomic E-state index is -4.66. The second-order valence-corrected chi connectivity index (χ2v) is 12.7. The van der Waals surface area contributed by atoms with Crippen LogP contribution in [0.1, 0.15) is 59.1 Å². The van der Waals surface area contributed by atoms with Crippen LogP contribution in [0.3, 0.4) is 0 Å². The van der Waals surface area contributed by atoms with Gasteiger partial charge in [-0.15, -0.1) is 0 Å². The number of aromatic nitrogens is 5. The fourth-order valence-corrected chi connectivity index (χ4v) is 7.29. The summed E-state index contributed by atoms with van der Waals surface area (Å²) in [6, 6.07) is 6.91. The molecule has 0 spiro atoms. The maximum Gasteiger partial charge on any atom is 0.433 e. The summed E-state index contributed by atoms with van der Waals surface area (Å²) in [4.78, 5) is 50.2. The number of likely N-dealkylation sites (tertiary alicyclic amines) is 1. The van der Waals surface area contributed by atoms with E-state index in [4.69, 9.17) is 0 Å².